The molecule has 2 aromatic rings. The zero-order valence-electron chi connectivity index (χ0n) is 8.21. The number of hydrogen-bond donors (Lipinski definition) is 1. The number of aryl methyl sites for hydroxylation is 1. The van der Waals surface area contributed by atoms with Gasteiger partial charge in [0.05, 0.1) is 6.20 Å². The van der Waals surface area contributed by atoms with E-state index in [0.29, 0.717) is 0 Å². The number of benzene rings is 1. The normalized spacial score (nSPS) is 10.2. The first kappa shape index (κ1) is 9.98. The minimum Gasteiger partial charge on any atom is -0.508 e. The van der Waals surface area contributed by atoms with Gasteiger partial charge in [0, 0.05) is 4.90 Å². The Kier molecular flexibility index (Phi) is 2.87. The SMILES string of the molecule is Cc1cnnc(Sc2cccc(O)c2)c1. The lowest BCUT2D eigenvalue weighted by molar-refractivity contribution is 0.474. The molecule has 4 heteroatoms. The van der Waals surface area contributed by atoms with Crippen LogP contribution in [0.3, 0.4) is 0 Å². The molecule has 1 aromatic heterocycles. The van der Waals surface area contributed by atoms with Crippen molar-refractivity contribution in [3.63, 3.8) is 0 Å². The van der Waals surface area contributed by atoms with E-state index in [9.17, 15) is 5.11 Å². The summed E-state index contributed by atoms with van der Waals surface area (Å²) in [5, 5.41) is 18.0. The van der Waals surface area contributed by atoms with Crippen molar-refractivity contribution < 1.29 is 5.11 Å². The third-order valence-electron chi connectivity index (χ3n) is 1.81. The van der Waals surface area contributed by atoms with Gasteiger partial charge in [-0.2, -0.15) is 5.10 Å². The molecule has 0 radical (unpaired) electrons. The fourth-order valence-electron chi connectivity index (χ4n) is 1.16. The molecule has 0 saturated carbocycles. The molecule has 1 heterocycles. The van der Waals surface area contributed by atoms with E-state index in [1.54, 1.807) is 24.4 Å². The fourth-order valence-corrected chi connectivity index (χ4v) is 2.06. The summed E-state index contributed by atoms with van der Waals surface area (Å²) in [6.45, 7) is 1.97. The van der Waals surface area contributed by atoms with Gasteiger partial charge in [-0.1, -0.05) is 17.8 Å². The number of aromatic nitrogens is 2. The van der Waals surface area contributed by atoms with Crippen molar-refractivity contribution in [2.24, 2.45) is 0 Å². The van der Waals surface area contributed by atoms with Crippen LogP contribution in [0.15, 0.2) is 46.5 Å². The summed E-state index contributed by atoms with van der Waals surface area (Å²) in [6.07, 6.45) is 1.71. The van der Waals surface area contributed by atoms with Gasteiger partial charge in [0.1, 0.15) is 10.8 Å². The molecule has 76 valence electrons. The van der Waals surface area contributed by atoms with Crippen molar-refractivity contribution in [3.8, 4) is 5.75 Å². The van der Waals surface area contributed by atoms with Gasteiger partial charge in [0.15, 0.2) is 0 Å². The molecule has 2 rings (SSSR count). The molecule has 0 saturated heterocycles. The van der Waals surface area contributed by atoms with Gasteiger partial charge in [-0.15, -0.1) is 5.10 Å². The number of rotatable bonds is 2. The van der Waals surface area contributed by atoms with E-state index in [1.165, 1.54) is 11.8 Å². The van der Waals surface area contributed by atoms with E-state index >= 15 is 0 Å². The van der Waals surface area contributed by atoms with Crippen LogP contribution in [-0.2, 0) is 0 Å². The maximum atomic E-state index is 9.30. The Morgan fingerprint density at radius 2 is 2.13 bits per heavy atom. The van der Waals surface area contributed by atoms with Crippen molar-refractivity contribution in [1.82, 2.24) is 10.2 Å². The Hall–Kier alpha value is -1.55. The van der Waals surface area contributed by atoms with Crippen molar-refractivity contribution in [3.05, 3.63) is 42.1 Å². The van der Waals surface area contributed by atoms with Crippen LogP contribution in [0.2, 0.25) is 0 Å². The van der Waals surface area contributed by atoms with E-state index in [2.05, 4.69) is 10.2 Å². The molecular weight excluding hydrogens is 208 g/mol. The summed E-state index contributed by atoms with van der Waals surface area (Å²) in [5.74, 6) is 0.264. The lowest BCUT2D eigenvalue weighted by Crippen LogP contribution is -1.85. The van der Waals surface area contributed by atoms with Crippen LogP contribution >= 0.6 is 11.8 Å². The summed E-state index contributed by atoms with van der Waals surface area (Å²) in [7, 11) is 0. The van der Waals surface area contributed by atoms with Gasteiger partial charge in [-0.25, -0.2) is 0 Å². The number of nitrogens with zero attached hydrogens (tertiary/aromatic N) is 2. The topological polar surface area (TPSA) is 46.0 Å². The number of aromatic hydroxyl groups is 1. The Morgan fingerprint density at radius 3 is 2.87 bits per heavy atom. The Balaban J connectivity index is 2.22. The largest absolute Gasteiger partial charge is 0.508 e. The molecule has 0 unspecified atom stereocenters. The van der Waals surface area contributed by atoms with Crippen LogP contribution < -0.4 is 0 Å². The molecule has 0 aliphatic heterocycles. The van der Waals surface area contributed by atoms with E-state index in [-0.39, 0.29) is 5.75 Å². The molecule has 15 heavy (non-hydrogen) atoms. The fraction of sp³-hybridized carbons (Fsp3) is 0.0909. The van der Waals surface area contributed by atoms with Gasteiger partial charge in [0.2, 0.25) is 0 Å². The quantitative estimate of drug-likeness (QED) is 0.841. The molecule has 3 nitrogen and oxygen atoms in total. The van der Waals surface area contributed by atoms with Crippen molar-refractivity contribution >= 4 is 11.8 Å². The van der Waals surface area contributed by atoms with Gasteiger partial charge in [-0.05, 0) is 36.8 Å². The Labute approximate surface area is 92.2 Å². The molecule has 0 bridgehead atoms. The highest BCUT2D eigenvalue weighted by Gasteiger charge is 2.00. The lowest BCUT2D eigenvalue weighted by Gasteiger charge is -2.00. The maximum absolute atomic E-state index is 9.30. The predicted molar refractivity (Wildman–Crippen MR) is 59.0 cm³/mol. The zero-order valence-corrected chi connectivity index (χ0v) is 9.03. The molecule has 1 aromatic carbocycles. The monoisotopic (exact) mass is 218 g/mol. The Bertz CT molecular complexity index is 430. The molecule has 0 amide bonds. The molecule has 0 aliphatic rings. The van der Waals surface area contributed by atoms with Crippen LogP contribution in [0.1, 0.15) is 5.56 Å². The average Bonchev–Trinajstić information content (AvgIpc) is 2.17. The molecule has 0 spiro atoms. The predicted octanol–water partition coefficient (Wildman–Crippen LogP) is 2.64. The standard InChI is InChI=1S/C11H10N2OS/c1-8-5-11(13-12-7-8)15-10-4-2-3-9(14)6-10/h2-7,14H,1H3. The first-order valence-corrected chi connectivity index (χ1v) is 5.32. The summed E-state index contributed by atoms with van der Waals surface area (Å²) in [5.41, 5.74) is 1.08. The second-order valence-corrected chi connectivity index (χ2v) is 4.26. The van der Waals surface area contributed by atoms with Crippen LogP contribution in [0, 0.1) is 6.92 Å². The van der Waals surface area contributed by atoms with Crippen molar-refractivity contribution in [2.45, 2.75) is 16.8 Å². The second-order valence-electron chi connectivity index (χ2n) is 3.17. The molecule has 0 atom stereocenters. The minimum atomic E-state index is 0.264. The van der Waals surface area contributed by atoms with E-state index in [1.807, 2.05) is 19.1 Å². The Morgan fingerprint density at radius 1 is 1.27 bits per heavy atom. The van der Waals surface area contributed by atoms with E-state index < -0.39 is 0 Å². The van der Waals surface area contributed by atoms with E-state index in [0.717, 1.165) is 15.5 Å². The smallest absolute Gasteiger partial charge is 0.124 e. The molecular formula is C11H10N2OS. The van der Waals surface area contributed by atoms with Crippen molar-refractivity contribution in [1.29, 1.82) is 0 Å². The molecule has 0 aliphatic carbocycles. The third kappa shape index (κ3) is 2.70. The van der Waals surface area contributed by atoms with Crippen molar-refractivity contribution in [2.75, 3.05) is 0 Å². The van der Waals surface area contributed by atoms with Gasteiger partial charge >= 0.3 is 0 Å². The highest BCUT2D eigenvalue weighted by atomic mass is 32.2. The van der Waals surface area contributed by atoms with Crippen LogP contribution in [0.25, 0.3) is 0 Å². The maximum Gasteiger partial charge on any atom is 0.124 e. The molecule has 1 N–H and O–H groups in total. The number of phenols is 1. The average molecular weight is 218 g/mol. The summed E-state index contributed by atoms with van der Waals surface area (Å²) in [4.78, 5) is 0.954. The van der Waals surface area contributed by atoms with Crippen LogP contribution in [0.5, 0.6) is 5.75 Å². The summed E-state index contributed by atoms with van der Waals surface area (Å²) < 4.78 is 0. The zero-order chi connectivity index (χ0) is 10.7. The third-order valence-corrected chi connectivity index (χ3v) is 2.71. The van der Waals surface area contributed by atoms with Gasteiger partial charge in [-0.3, -0.25) is 0 Å². The van der Waals surface area contributed by atoms with E-state index in [4.69, 9.17) is 0 Å². The number of phenolic OH excluding ortho intramolecular Hbond substituents is 1. The lowest BCUT2D eigenvalue weighted by atomic mass is 10.3. The summed E-state index contributed by atoms with van der Waals surface area (Å²) >= 11 is 1.48. The molecule has 0 fully saturated rings. The highest BCUT2D eigenvalue weighted by Crippen LogP contribution is 2.27. The van der Waals surface area contributed by atoms with Gasteiger partial charge < -0.3 is 5.11 Å². The number of hydrogen-bond acceptors (Lipinski definition) is 4. The van der Waals surface area contributed by atoms with Crippen LogP contribution in [-0.4, -0.2) is 15.3 Å². The van der Waals surface area contributed by atoms with Gasteiger partial charge in [0.25, 0.3) is 0 Å². The first-order chi connectivity index (χ1) is 7.24. The first-order valence-electron chi connectivity index (χ1n) is 4.50. The van der Waals surface area contributed by atoms with Crippen LogP contribution in [0.4, 0.5) is 0 Å². The summed E-state index contributed by atoms with van der Waals surface area (Å²) in [6, 6.07) is 9.04. The minimum absolute atomic E-state index is 0.264. The highest BCUT2D eigenvalue weighted by molar-refractivity contribution is 7.99. The second kappa shape index (κ2) is 4.31.